The Morgan fingerprint density at radius 2 is 2.00 bits per heavy atom. The van der Waals surface area contributed by atoms with Crippen LogP contribution in [0.25, 0.3) is 0 Å². The van der Waals surface area contributed by atoms with E-state index in [0.717, 1.165) is 18.4 Å². The molecule has 1 fully saturated rings. The van der Waals surface area contributed by atoms with Gasteiger partial charge in [0.25, 0.3) is 0 Å². The van der Waals surface area contributed by atoms with E-state index in [1.165, 1.54) is 12.8 Å². The van der Waals surface area contributed by atoms with E-state index in [4.69, 9.17) is 17.3 Å². The van der Waals surface area contributed by atoms with Crippen molar-refractivity contribution in [2.75, 3.05) is 5.73 Å². The van der Waals surface area contributed by atoms with Crippen molar-refractivity contribution >= 4 is 17.3 Å². The highest BCUT2D eigenvalue weighted by atomic mass is 35.5. The monoisotopic (exact) mass is 225 g/mol. The lowest BCUT2D eigenvalue weighted by Crippen LogP contribution is -2.11. The highest BCUT2D eigenvalue weighted by molar-refractivity contribution is 6.30. The fourth-order valence-electron chi connectivity index (χ4n) is 2.34. The fourth-order valence-corrected chi connectivity index (χ4v) is 2.52. The van der Waals surface area contributed by atoms with Gasteiger partial charge in [-0.15, -0.1) is 0 Å². The van der Waals surface area contributed by atoms with Crippen LogP contribution in [0, 0.1) is 5.92 Å². The largest absolute Gasteiger partial charge is 0.398 e. The van der Waals surface area contributed by atoms with E-state index < -0.39 is 6.10 Å². The molecular formula is C12H16ClNO. The lowest BCUT2D eigenvalue weighted by molar-refractivity contribution is 0.112. The lowest BCUT2D eigenvalue weighted by Gasteiger charge is -2.19. The van der Waals surface area contributed by atoms with Gasteiger partial charge >= 0.3 is 0 Å². The molecule has 0 radical (unpaired) electrons. The summed E-state index contributed by atoms with van der Waals surface area (Å²) in [6.07, 6.45) is 4.21. The molecule has 1 atom stereocenters. The molecule has 82 valence electrons. The smallest absolute Gasteiger partial charge is 0.0838 e. The maximum absolute atomic E-state index is 10.2. The molecule has 1 aromatic rings. The van der Waals surface area contributed by atoms with E-state index in [1.54, 1.807) is 12.1 Å². The molecule has 3 N–H and O–H groups in total. The van der Waals surface area contributed by atoms with Gasteiger partial charge in [-0.3, -0.25) is 0 Å². The average Bonchev–Trinajstić information content (AvgIpc) is 2.69. The van der Waals surface area contributed by atoms with Crippen LogP contribution in [0.5, 0.6) is 0 Å². The van der Waals surface area contributed by atoms with Crippen LogP contribution in [0.3, 0.4) is 0 Å². The number of nitrogens with two attached hydrogens (primary N) is 1. The van der Waals surface area contributed by atoms with Gasteiger partial charge in [-0.05, 0) is 30.9 Å². The van der Waals surface area contributed by atoms with Crippen molar-refractivity contribution in [2.24, 2.45) is 5.92 Å². The molecule has 1 aromatic carbocycles. The van der Waals surface area contributed by atoms with Gasteiger partial charge in [0.2, 0.25) is 0 Å². The molecule has 0 heterocycles. The normalized spacial score (nSPS) is 19.3. The van der Waals surface area contributed by atoms with Crippen molar-refractivity contribution in [3.05, 3.63) is 28.8 Å². The van der Waals surface area contributed by atoms with E-state index in [9.17, 15) is 5.11 Å². The Bertz CT molecular complexity index is 347. The number of anilines is 1. The van der Waals surface area contributed by atoms with Crippen LogP contribution in [0.4, 0.5) is 5.69 Å². The summed E-state index contributed by atoms with van der Waals surface area (Å²) in [5.74, 6) is 0.369. The standard InChI is InChI=1S/C12H16ClNO/c13-9-5-6-10(11(14)7-9)12(15)8-3-1-2-4-8/h5-8,12,15H,1-4,14H2. The van der Waals surface area contributed by atoms with Crippen LogP contribution in [0.1, 0.15) is 37.4 Å². The minimum Gasteiger partial charge on any atom is -0.398 e. The summed E-state index contributed by atoms with van der Waals surface area (Å²) in [7, 11) is 0. The molecule has 2 rings (SSSR count). The highest BCUT2D eigenvalue weighted by Crippen LogP contribution is 2.37. The van der Waals surface area contributed by atoms with Crippen LogP contribution in [-0.4, -0.2) is 5.11 Å². The van der Waals surface area contributed by atoms with E-state index in [2.05, 4.69) is 0 Å². The Morgan fingerprint density at radius 1 is 1.33 bits per heavy atom. The van der Waals surface area contributed by atoms with Crippen LogP contribution in [0.2, 0.25) is 5.02 Å². The van der Waals surface area contributed by atoms with Crippen LogP contribution in [0.15, 0.2) is 18.2 Å². The molecule has 2 nitrogen and oxygen atoms in total. The molecule has 0 amide bonds. The molecule has 1 aliphatic carbocycles. The van der Waals surface area contributed by atoms with Gasteiger partial charge in [0.15, 0.2) is 0 Å². The van der Waals surface area contributed by atoms with Crippen molar-refractivity contribution in [1.29, 1.82) is 0 Å². The number of aliphatic hydroxyl groups excluding tert-OH is 1. The number of halogens is 1. The predicted molar refractivity (Wildman–Crippen MR) is 62.8 cm³/mol. The number of benzene rings is 1. The van der Waals surface area contributed by atoms with Crippen LogP contribution in [-0.2, 0) is 0 Å². The molecular weight excluding hydrogens is 210 g/mol. The summed E-state index contributed by atoms with van der Waals surface area (Å²) in [5, 5.41) is 10.8. The fraction of sp³-hybridized carbons (Fsp3) is 0.500. The number of aliphatic hydroxyl groups is 1. The number of hydrogen-bond acceptors (Lipinski definition) is 2. The zero-order chi connectivity index (χ0) is 10.8. The summed E-state index contributed by atoms with van der Waals surface area (Å²) in [6.45, 7) is 0. The highest BCUT2D eigenvalue weighted by Gasteiger charge is 2.25. The SMILES string of the molecule is Nc1cc(Cl)ccc1C(O)C1CCCC1. The Morgan fingerprint density at radius 3 is 2.60 bits per heavy atom. The van der Waals surface area contributed by atoms with Gasteiger partial charge in [0.05, 0.1) is 6.10 Å². The quantitative estimate of drug-likeness (QED) is 0.760. The third-order valence-corrected chi connectivity index (χ3v) is 3.45. The Hall–Kier alpha value is -0.730. The third kappa shape index (κ3) is 2.27. The van der Waals surface area contributed by atoms with Gasteiger partial charge < -0.3 is 10.8 Å². The van der Waals surface area contributed by atoms with Gasteiger partial charge in [-0.25, -0.2) is 0 Å². The van der Waals surface area contributed by atoms with Gasteiger partial charge in [0.1, 0.15) is 0 Å². The Kier molecular flexibility index (Phi) is 3.17. The van der Waals surface area contributed by atoms with Gasteiger partial charge in [0, 0.05) is 16.3 Å². The second-order valence-electron chi connectivity index (χ2n) is 4.26. The number of hydrogen-bond donors (Lipinski definition) is 2. The molecule has 0 saturated heterocycles. The molecule has 0 spiro atoms. The maximum Gasteiger partial charge on any atom is 0.0838 e. The molecule has 15 heavy (non-hydrogen) atoms. The zero-order valence-corrected chi connectivity index (χ0v) is 9.37. The predicted octanol–water partition coefficient (Wildman–Crippen LogP) is 3.15. The Balaban J connectivity index is 2.20. The summed E-state index contributed by atoms with van der Waals surface area (Å²) < 4.78 is 0. The molecule has 1 saturated carbocycles. The summed E-state index contributed by atoms with van der Waals surface area (Å²) in [4.78, 5) is 0. The van der Waals surface area contributed by atoms with E-state index in [0.29, 0.717) is 16.6 Å². The first-order chi connectivity index (χ1) is 7.18. The lowest BCUT2D eigenvalue weighted by atomic mass is 9.93. The minimum atomic E-state index is -0.426. The van der Waals surface area contributed by atoms with E-state index >= 15 is 0 Å². The van der Waals surface area contributed by atoms with Crippen LogP contribution < -0.4 is 5.73 Å². The summed E-state index contributed by atoms with van der Waals surface area (Å²) in [5.41, 5.74) is 7.27. The topological polar surface area (TPSA) is 46.2 Å². The summed E-state index contributed by atoms with van der Waals surface area (Å²) in [6, 6.07) is 5.32. The Labute approximate surface area is 95.1 Å². The van der Waals surface area contributed by atoms with Crippen LogP contribution >= 0.6 is 11.6 Å². The second kappa shape index (κ2) is 4.42. The first-order valence-corrected chi connectivity index (χ1v) is 5.79. The van der Waals surface area contributed by atoms with E-state index in [-0.39, 0.29) is 0 Å². The molecule has 0 aromatic heterocycles. The molecule has 0 bridgehead atoms. The van der Waals surface area contributed by atoms with Gasteiger partial charge in [-0.1, -0.05) is 30.5 Å². The second-order valence-corrected chi connectivity index (χ2v) is 4.70. The molecule has 1 aliphatic rings. The van der Waals surface area contributed by atoms with Gasteiger partial charge in [-0.2, -0.15) is 0 Å². The van der Waals surface area contributed by atoms with Crippen molar-refractivity contribution in [3.63, 3.8) is 0 Å². The first kappa shape index (κ1) is 10.8. The zero-order valence-electron chi connectivity index (χ0n) is 8.62. The van der Waals surface area contributed by atoms with Crippen molar-refractivity contribution < 1.29 is 5.11 Å². The summed E-state index contributed by atoms with van der Waals surface area (Å²) >= 11 is 5.82. The van der Waals surface area contributed by atoms with Crippen molar-refractivity contribution in [3.8, 4) is 0 Å². The molecule has 0 aliphatic heterocycles. The molecule has 1 unspecified atom stereocenters. The maximum atomic E-state index is 10.2. The van der Waals surface area contributed by atoms with Crippen molar-refractivity contribution in [2.45, 2.75) is 31.8 Å². The average molecular weight is 226 g/mol. The minimum absolute atomic E-state index is 0.369. The molecule has 3 heteroatoms. The first-order valence-electron chi connectivity index (χ1n) is 5.41. The number of rotatable bonds is 2. The number of nitrogen functional groups attached to an aromatic ring is 1. The van der Waals surface area contributed by atoms with E-state index in [1.807, 2.05) is 6.07 Å². The van der Waals surface area contributed by atoms with Crippen molar-refractivity contribution in [1.82, 2.24) is 0 Å². The third-order valence-electron chi connectivity index (χ3n) is 3.21.